The lowest BCUT2D eigenvalue weighted by Crippen LogP contribution is -2.52. The van der Waals surface area contributed by atoms with Crippen LogP contribution in [0.5, 0.6) is 5.88 Å². The van der Waals surface area contributed by atoms with Crippen molar-refractivity contribution in [3.63, 3.8) is 0 Å². The van der Waals surface area contributed by atoms with Gasteiger partial charge in [0.05, 0.1) is 17.9 Å². The van der Waals surface area contributed by atoms with Crippen molar-refractivity contribution in [2.24, 2.45) is 5.92 Å². The highest BCUT2D eigenvalue weighted by molar-refractivity contribution is 5.98. The number of hydrogen-bond donors (Lipinski definition) is 1. The molecular formula is C27H29N5O3. The zero-order valence-corrected chi connectivity index (χ0v) is 19.6. The molecular weight excluding hydrogens is 442 g/mol. The zero-order valence-electron chi connectivity index (χ0n) is 19.6. The van der Waals surface area contributed by atoms with Gasteiger partial charge in [0.25, 0.3) is 0 Å². The number of anilines is 4. The van der Waals surface area contributed by atoms with Crippen LogP contribution in [-0.2, 0) is 9.59 Å². The van der Waals surface area contributed by atoms with Gasteiger partial charge >= 0.3 is 0 Å². The van der Waals surface area contributed by atoms with Crippen molar-refractivity contribution in [3.8, 4) is 17.0 Å². The van der Waals surface area contributed by atoms with E-state index in [1.54, 1.807) is 6.20 Å². The maximum Gasteiger partial charge on any atom is 0.238 e. The molecule has 0 radical (unpaired) electrons. The number of aromatic nitrogens is 2. The number of fused-ring (bicyclic) bond motifs is 3. The van der Waals surface area contributed by atoms with Crippen LogP contribution >= 0.6 is 0 Å². The van der Waals surface area contributed by atoms with Crippen LogP contribution in [0.1, 0.15) is 34.0 Å². The number of nitrogens with zero attached hydrogens (tertiary/aromatic N) is 4. The Bertz CT molecular complexity index is 1280. The van der Waals surface area contributed by atoms with Crippen LogP contribution in [0, 0.1) is 5.92 Å². The van der Waals surface area contributed by atoms with E-state index in [-0.39, 0.29) is 25.2 Å². The fourth-order valence-corrected chi connectivity index (χ4v) is 5.09. The van der Waals surface area contributed by atoms with Crippen molar-refractivity contribution in [1.82, 2.24) is 9.97 Å². The Labute approximate surface area is 205 Å². The third kappa shape index (κ3) is 3.99. The van der Waals surface area contributed by atoms with Crippen molar-refractivity contribution < 1.29 is 15.8 Å². The van der Waals surface area contributed by atoms with Crippen LogP contribution in [0.3, 0.4) is 0 Å². The summed E-state index contributed by atoms with van der Waals surface area (Å²) in [6.45, 7) is 3.26. The normalized spacial score (nSPS) is 21.4. The van der Waals surface area contributed by atoms with Gasteiger partial charge in [0.1, 0.15) is 18.1 Å². The summed E-state index contributed by atoms with van der Waals surface area (Å²) >= 11 is 0. The Morgan fingerprint density at radius 3 is 2.60 bits per heavy atom. The first-order valence-corrected chi connectivity index (χ1v) is 12.2. The average molecular weight is 472 g/mol. The topological polar surface area (TPSA) is 87.7 Å². The summed E-state index contributed by atoms with van der Waals surface area (Å²) in [5.74, 6) is 1.51. The summed E-state index contributed by atoms with van der Waals surface area (Å²) in [7, 11) is 0. The number of piperidine rings is 1. The van der Waals surface area contributed by atoms with Crippen LogP contribution in [0.2, 0.25) is 0 Å². The molecule has 1 unspecified atom stereocenters. The minimum atomic E-state index is 0. The second-order valence-electron chi connectivity index (χ2n) is 9.45. The minimum absolute atomic E-state index is 0. The number of carbonyl (C=O) groups excluding carboxylic acids is 2. The highest BCUT2D eigenvalue weighted by atomic mass is 16.5. The number of nitrogens with one attached hydrogen (secondary N) is 1. The van der Waals surface area contributed by atoms with E-state index in [9.17, 15) is 9.59 Å². The van der Waals surface area contributed by atoms with Gasteiger partial charge in [0.15, 0.2) is 0 Å². The predicted octanol–water partition coefficient (Wildman–Crippen LogP) is 4.78. The molecule has 0 aliphatic carbocycles. The maximum absolute atomic E-state index is 12.9. The van der Waals surface area contributed by atoms with Gasteiger partial charge in [-0.05, 0) is 55.2 Å². The first-order valence-electron chi connectivity index (χ1n) is 12.2. The zero-order chi connectivity index (χ0) is 23.9. The summed E-state index contributed by atoms with van der Waals surface area (Å²) in [6.07, 6.45) is 6.88. The number of hydrogen-bond acceptors (Lipinski definition) is 6. The Kier molecular flexibility index (Phi) is 5.36. The molecule has 1 N–H and O–H groups in total. The number of rotatable bonds is 4. The molecule has 0 spiro atoms. The molecule has 5 heterocycles. The van der Waals surface area contributed by atoms with Crippen molar-refractivity contribution in [2.45, 2.75) is 38.6 Å². The highest BCUT2D eigenvalue weighted by Crippen LogP contribution is 2.39. The Morgan fingerprint density at radius 1 is 1.03 bits per heavy atom. The van der Waals surface area contributed by atoms with Crippen LogP contribution in [0.25, 0.3) is 11.1 Å². The Hall–Kier alpha value is -3.94. The summed E-state index contributed by atoms with van der Waals surface area (Å²) < 4.78 is 5.82. The molecule has 2 atom stereocenters. The lowest BCUT2D eigenvalue weighted by atomic mass is 9.92. The molecule has 3 aliphatic heterocycles. The minimum Gasteiger partial charge on any atom is -0.474 e. The first kappa shape index (κ1) is 21.6. The van der Waals surface area contributed by atoms with Gasteiger partial charge in [-0.25, -0.2) is 9.97 Å². The molecule has 2 amide bonds. The largest absolute Gasteiger partial charge is 0.474 e. The van der Waals surface area contributed by atoms with Gasteiger partial charge in [-0.2, -0.15) is 0 Å². The van der Waals surface area contributed by atoms with E-state index < -0.39 is 0 Å². The Morgan fingerprint density at radius 2 is 1.86 bits per heavy atom. The van der Waals surface area contributed by atoms with E-state index in [0.717, 1.165) is 54.0 Å². The van der Waals surface area contributed by atoms with Crippen LogP contribution in [0.15, 0.2) is 54.9 Å². The van der Waals surface area contributed by atoms with E-state index in [0.29, 0.717) is 24.7 Å². The molecule has 6 rings (SSSR count). The van der Waals surface area contributed by atoms with Crippen molar-refractivity contribution in [2.75, 3.05) is 28.3 Å². The third-order valence-corrected chi connectivity index (χ3v) is 7.08. The molecule has 8 nitrogen and oxygen atoms in total. The smallest absolute Gasteiger partial charge is 0.238 e. The van der Waals surface area contributed by atoms with Gasteiger partial charge < -0.3 is 19.9 Å². The summed E-state index contributed by atoms with van der Waals surface area (Å²) in [5.41, 5.74) is 4.43. The van der Waals surface area contributed by atoms with Crippen molar-refractivity contribution in [1.29, 1.82) is 0 Å². The molecule has 35 heavy (non-hydrogen) atoms. The van der Waals surface area contributed by atoms with Gasteiger partial charge in [-0.3, -0.25) is 9.59 Å². The molecule has 0 bridgehead atoms. The highest BCUT2D eigenvalue weighted by Gasteiger charge is 2.39. The molecule has 1 aromatic carbocycles. The molecule has 8 heteroatoms. The average Bonchev–Trinajstić information content (AvgIpc) is 3.32. The molecule has 2 fully saturated rings. The van der Waals surface area contributed by atoms with Crippen LogP contribution in [0.4, 0.5) is 22.9 Å². The SMILES string of the molecule is CC1CC[C@H]2COc3ncc(Nc4ccc(-c5ccc(N6CCCC6=O)cc5)cn4)cc3N2C1=O.[HH]. The predicted molar refractivity (Wildman–Crippen MR) is 136 cm³/mol. The standard InChI is InChI=1S/C27H27N5O3.H2/c1-17-4-8-22-16-35-26-23(32(22)27(17)34)13-20(15-29-26)30-24-11-7-19(14-28-24)18-5-9-21(10-6-18)31-12-2-3-25(31)33;/h5-7,9-11,13-15,17,22H,2-4,8,12,16H2,1H3,(H,28,30);1H/t17?,22-;/m0./s1. The fraction of sp³-hybridized carbons (Fsp3) is 0.333. The molecule has 180 valence electrons. The van der Waals surface area contributed by atoms with Gasteiger partial charge in [0, 0.05) is 37.8 Å². The molecule has 0 saturated carbocycles. The summed E-state index contributed by atoms with van der Waals surface area (Å²) in [4.78, 5) is 37.6. The molecule has 2 aromatic heterocycles. The maximum atomic E-state index is 12.9. The van der Waals surface area contributed by atoms with Gasteiger partial charge in [0.2, 0.25) is 17.7 Å². The van der Waals surface area contributed by atoms with Gasteiger partial charge in [-0.1, -0.05) is 19.1 Å². The van der Waals surface area contributed by atoms with Crippen molar-refractivity contribution in [3.05, 3.63) is 54.9 Å². The first-order chi connectivity index (χ1) is 17.1. The second-order valence-corrected chi connectivity index (χ2v) is 9.45. The number of ether oxygens (including phenoxy) is 1. The second kappa shape index (κ2) is 8.69. The van der Waals surface area contributed by atoms with Crippen molar-refractivity contribution >= 4 is 34.7 Å². The Balaban J connectivity index is 0.00000267. The lowest BCUT2D eigenvalue weighted by molar-refractivity contribution is -0.124. The van der Waals surface area contributed by atoms with E-state index in [4.69, 9.17) is 4.74 Å². The molecule has 2 saturated heterocycles. The fourth-order valence-electron chi connectivity index (χ4n) is 5.09. The number of benzene rings is 1. The monoisotopic (exact) mass is 471 g/mol. The third-order valence-electron chi connectivity index (χ3n) is 7.08. The van der Waals surface area contributed by atoms with Crippen LogP contribution < -0.4 is 19.9 Å². The summed E-state index contributed by atoms with van der Waals surface area (Å²) in [5, 5.41) is 3.29. The summed E-state index contributed by atoms with van der Waals surface area (Å²) in [6, 6.07) is 13.9. The van der Waals surface area contributed by atoms with E-state index in [2.05, 4.69) is 15.3 Å². The van der Waals surface area contributed by atoms with E-state index in [1.165, 1.54) is 0 Å². The molecule has 3 aliphatic rings. The van der Waals surface area contributed by atoms with E-state index in [1.807, 2.05) is 65.4 Å². The van der Waals surface area contributed by atoms with Gasteiger partial charge in [-0.15, -0.1) is 0 Å². The number of pyridine rings is 2. The lowest BCUT2D eigenvalue weighted by Gasteiger charge is -2.41. The quantitative estimate of drug-likeness (QED) is 0.589. The number of carbonyl (C=O) groups is 2. The molecule has 3 aromatic rings. The van der Waals surface area contributed by atoms with Crippen LogP contribution in [-0.4, -0.2) is 41.0 Å². The van der Waals surface area contributed by atoms with E-state index >= 15 is 0 Å². The number of amides is 2.